The molecule has 2 aromatic carbocycles. The smallest absolute Gasteiger partial charge is 0.406 e. The first-order valence-corrected chi connectivity index (χ1v) is 8.80. The Bertz CT molecular complexity index is 1330. The molecule has 164 valence electrons. The number of alkyl halides is 6. The molecule has 4 rings (SSSR count). The van der Waals surface area contributed by atoms with Gasteiger partial charge in [0.15, 0.2) is 11.5 Å². The summed E-state index contributed by atoms with van der Waals surface area (Å²) in [5.74, 6) is -0.473. The van der Waals surface area contributed by atoms with Gasteiger partial charge in [0, 0.05) is 22.7 Å². The average Bonchev–Trinajstić information content (AvgIpc) is 3.33. The first-order chi connectivity index (χ1) is 15.0. The molecule has 0 saturated heterocycles. The van der Waals surface area contributed by atoms with Gasteiger partial charge in [-0.15, -0.1) is 13.2 Å². The van der Waals surface area contributed by atoms with Crippen molar-refractivity contribution in [2.45, 2.75) is 19.1 Å². The van der Waals surface area contributed by atoms with Crippen molar-refractivity contribution in [3.8, 4) is 17.2 Å². The predicted octanol–water partition coefficient (Wildman–Crippen LogP) is 6.21. The van der Waals surface area contributed by atoms with Crippen molar-refractivity contribution in [1.82, 2.24) is 14.7 Å². The molecule has 0 amide bonds. The third kappa shape index (κ3) is 4.22. The molecule has 6 nitrogen and oxygen atoms in total. The highest BCUT2D eigenvalue weighted by Crippen LogP contribution is 2.41. The van der Waals surface area contributed by atoms with E-state index in [-0.39, 0.29) is 34.7 Å². The molecule has 0 atom stereocenters. The van der Waals surface area contributed by atoms with Gasteiger partial charge in [0.25, 0.3) is 5.89 Å². The molecule has 0 N–H and O–H groups in total. The minimum absolute atomic E-state index is 0.0690. The van der Waals surface area contributed by atoms with Crippen LogP contribution in [0, 0.1) is 6.57 Å². The van der Waals surface area contributed by atoms with Gasteiger partial charge >= 0.3 is 12.5 Å². The molecular formula is C20H10F6N4O2. The highest BCUT2D eigenvalue weighted by atomic mass is 19.4. The largest absolute Gasteiger partial charge is 0.573 e. The molecule has 0 radical (unpaired) electrons. The van der Waals surface area contributed by atoms with Gasteiger partial charge < -0.3 is 13.8 Å². The second kappa shape index (κ2) is 7.60. The van der Waals surface area contributed by atoms with Crippen LogP contribution in [0.4, 0.5) is 32.0 Å². The Kier molecular flexibility index (Phi) is 5.04. The van der Waals surface area contributed by atoms with Crippen molar-refractivity contribution in [3.05, 3.63) is 71.5 Å². The van der Waals surface area contributed by atoms with Crippen LogP contribution in [0.3, 0.4) is 0 Å². The number of rotatable bonds is 4. The van der Waals surface area contributed by atoms with Gasteiger partial charge in [0.1, 0.15) is 5.75 Å². The zero-order chi connectivity index (χ0) is 23.1. The lowest BCUT2D eigenvalue weighted by Gasteiger charge is -2.11. The Morgan fingerprint density at radius 2 is 1.84 bits per heavy atom. The summed E-state index contributed by atoms with van der Waals surface area (Å²) in [5.41, 5.74) is -1.16. The van der Waals surface area contributed by atoms with E-state index in [4.69, 9.17) is 11.1 Å². The third-order valence-electron chi connectivity index (χ3n) is 4.43. The second-order valence-electron chi connectivity index (χ2n) is 6.54. The van der Waals surface area contributed by atoms with Crippen molar-refractivity contribution < 1.29 is 35.6 Å². The van der Waals surface area contributed by atoms with Gasteiger partial charge in [-0.25, -0.2) is 4.85 Å². The predicted molar refractivity (Wildman–Crippen MR) is 98.7 cm³/mol. The number of hydrogen-bond donors (Lipinski definition) is 0. The highest BCUT2D eigenvalue weighted by Gasteiger charge is 2.36. The van der Waals surface area contributed by atoms with Crippen LogP contribution in [0.2, 0.25) is 0 Å². The van der Waals surface area contributed by atoms with Gasteiger partial charge in [-0.3, -0.25) is 0 Å². The number of hydrogen-bond acceptors (Lipinski definition) is 4. The fraction of sp³-hybridized carbons (Fsp3) is 0.150. The van der Waals surface area contributed by atoms with E-state index in [9.17, 15) is 26.3 Å². The summed E-state index contributed by atoms with van der Waals surface area (Å²) in [6.45, 7) is 6.92. The molecule has 0 aliphatic carbocycles. The molecule has 32 heavy (non-hydrogen) atoms. The van der Waals surface area contributed by atoms with Crippen LogP contribution in [-0.4, -0.2) is 21.1 Å². The molecule has 2 aromatic heterocycles. The van der Waals surface area contributed by atoms with E-state index >= 15 is 0 Å². The summed E-state index contributed by atoms with van der Waals surface area (Å²) >= 11 is 0. The Morgan fingerprint density at radius 3 is 2.53 bits per heavy atom. The molecular weight excluding hydrogens is 442 g/mol. The molecule has 0 aliphatic rings. The van der Waals surface area contributed by atoms with Crippen molar-refractivity contribution in [2.75, 3.05) is 0 Å². The first-order valence-electron chi connectivity index (χ1n) is 8.80. The monoisotopic (exact) mass is 452 g/mol. The van der Waals surface area contributed by atoms with Crippen LogP contribution < -0.4 is 4.74 Å². The van der Waals surface area contributed by atoms with Gasteiger partial charge in [-0.05, 0) is 30.3 Å². The van der Waals surface area contributed by atoms with Crippen LogP contribution in [0.5, 0.6) is 5.75 Å². The zero-order valence-corrected chi connectivity index (χ0v) is 15.7. The normalized spacial score (nSPS) is 12.2. The lowest BCUT2D eigenvalue weighted by atomic mass is 10.1. The van der Waals surface area contributed by atoms with Crippen LogP contribution in [0.15, 0.2) is 53.2 Å². The summed E-state index contributed by atoms with van der Waals surface area (Å²) in [7, 11) is 0. The van der Waals surface area contributed by atoms with Crippen LogP contribution >= 0.6 is 0 Å². The van der Waals surface area contributed by atoms with E-state index in [2.05, 4.69) is 19.7 Å². The molecule has 0 fully saturated rings. The maximum absolute atomic E-state index is 13.5. The Labute approximate surface area is 175 Å². The zero-order valence-electron chi connectivity index (χ0n) is 15.7. The quantitative estimate of drug-likeness (QED) is 0.273. The lowest BCUT2D eigenvalue weighted by molar-refractivity contribution is -0.274. The number of aromatic nitrogens is 3. The summed E-state index contributed by atoms with van der Waals surface area (Å²) in [6.07, 6.45) is -8.19. The minimum Gasteiger partial charge on any atom is -0.406 e. The molecule has 0 saturated carbocycles. The topological polar surface area (TPSA) is 57.4 Å². The van der Waals surface area contributed by atoms with Crippen LogP contribution in [0.1, 0.15) is 11.4 Å². The first kappa shape index (κ1) is 21.2. The molecule has 12 heteroatoms. The summed E-state index contributed by atoms with van der Waals surface area (Å²) in [4.78, 5) is 7.05. The highest BCUT2D eigenvalue weighted by molar-refractivity contribution is 5.89. The number of halogens is 6. The average molecular weight is 452 g/mol. The molecule has 0 spiro atoms. The number of ether oxygens (including phenoxy) is 1. The summed E-state index contributed by atoms with van der Waals surface area (Å²) < 4.78 is 88.0. The Morgan fingerprint density at radius 1 is 1.06 bits per heavy atom. The minimum atomic E-state index is -4.86. The Hall–Kier alpha value is -4.01. The standard InChI is InChI=1S/C20H10F6N4O2/c1-27-14-5-6-15-13(17(14)19(21,22)23)7-8-30(15)10-16-28-18(32-29-16)11-3-2-4-12(9-11)31-20(24,25)26/h2-9H,10H2. The van der Waals surface area contributed by atoms with E-state index in [1.54, 1.807) is 0 Å². The molecule has 0 aliphatic heterocycles. The molecule has 0 unspecified atom stereocenters. The molecule has 0 bridgehead atoms. The van der Waals surface area contributed by atoms with Crippen molar-refractivity contribution in [2.24, 2.45) is 0 Å². The van der Waals surface area contributed by atoms with Crippen molar-refractivity contribution in [3.63, 3.8) is 0 Å². The molecule has 2 heterocycles. The van der Waals surface area contributed by atoms with Crippen LogP contribution in [-0.2, 0) is 12.7 Å². The second-order valence-corrected chi connectivity index (χ2v) is 6.54. The van der Waals surface area contributed by atoms with E-state index in [1.807, 2.05) is 0 Å². The number of fused-ring (bicyclic) bond motifs is 1. The molecule has 4 aromatic rings. The van der Waals surface area contributed by atoms with E-state index < -0.39 is 29.5 Å². The van der Waals surface area contributed by atoms with Gasteiger partial charge in [0.2, 0.25) is 0 Å². The van der Waals surface area contributed by atoms with Gasteiger partial charge in [-0.1, -0.05) is 17.3 Å². The summed E-state index contributed by atoms with van der Waals surface area (Å²) in [5, 5.41) is 3.60. The fourth-order valence-electron chi connectivity index (χ4n) is 3.20. The van der Waals surface area contributed by atoms with E-state index in [0.717, 1.165) is 18.2 Å². The number of nitrogens with zero attached hydrogens (tertiary/aromatic N) is 4. The SMILES string of the molecule is [C-]#[N+]c1ccc2c(ccn2Cc2noc(-c3cccc(OC(F)(F)F)c3)n2)c1C(F)(F)F. The van der Waals surface area contributed by atoms with Crippen LogP contribution in [0.25, 0.3) is 27.2 Å². The lowest BCUT2D eigenvalue weighted by Crippen LogP contribution is -2.17. The van der Waals surface area contributed by atoms with E-state index in [1.165, 1.54) is 35.0 Å². The maximum Gasteiger partial charge on any atom is 0.573 e. The number of benzene rings is 2. The third-order valence-corrected chi connectivity index (χ3v) is 4.43. The van der Waals surface area contributed by atoms with Gasteiger partial charge in [-0.2, -0.15) is 18.2 Å². The Balaban J connectivity index is 1.64. The van der Waals surface area contributed by atoms with Crippen molar-refractivity contribution in [1.29, 1.82) is 0 Å². The van der Waals surface area contributed by atoms with Crippen molar-refractivity contribution >= 4 is 16.6 Å². The van der Waals surface area contributed by atoms with E-state index in [0.29, 0.717) is 0 Å². The summed E-state index contributed by atoms with van der Waals surface area (Å²) in [6, 6.07) is 8.64. The fourth-order valence-corrected chi connectivity index (χ4v) is 3.20. The van der Waals surface area contributed by atoms with Gasteiger partial charge in [0.05, 0.1) is 18.7 Å². The maximum atomic E-state index is 13.5.